The van der Waals surface area contributed by atoms with E-state index in [1.54, 1.807) is 14.2 Å². The molecule has 0 atom stereocenters. The lowest BCUT2D eigenvalue weighted by Crippen LogP contribution is -2.11. The fourth-order valence-electron chi connectivity index (χ4n) is 1.48. The lowest BCUT2D eigenvalue weighted by atomic mass is 10.3. The van der Waals surface area contributed by atoms with Crippen LogP contribution >= 0.6 is 15.9 Å². The zero-order chi connectivity index (χ0) is 13.2. The Morgan fingerprint density at radius 3 is 2.72 bits per heavy atom. The molecule has 0 radical (unpaired) electrons. The van der Waals surface area contributed by atoms with Crippen molar-refractivity contribution in [2.75, 3.05) is 45.9 Å². The third-order valence-corrected chi connectivity index (χ3v) is 2.85. The zero-order valence-corrected chi connectivity index (χ0v) is 12.5. The molecule has 0 aromatic heterocycles. The molecule has 0 fully saturated rings. The molecular weight excluding hydrogens is 298 g/mol. The maximum atomic E-state index is 5.47. The van der Waals surface area contributed by atoms with Crippen molar-refractivity contribution in [1.82, 2.24) is 0 Å². The summed E-state index contributed by atoms with van der Waals surface area (Å²) < 4.78 is 16.7. The second-order valence-electron chi connectivity index (χ2n) is 3.73. The van der Waals surface area contributed by atoms with Gasteiger partial charge in [0.1, 0.15) is 5.75 Å². The predicted molar refractivity (Wildman–Crippen MR) is 76.5 cm³/mol. The van der Waals surface area contributed by atoms with Crippen LogP contribution in [0.1, 0.15) is 6.42 Å². The number of methoxy groups -OCH3 is 2. The molecule has 18 heavy (non-hydrogen) atoms. The highest BCUT2D eigenvalue weighted by Crippen LogP contribution is 2.27. The van der Waals surface area contributed by atoms with E-state index in [0.29, 0.717) is 6.61 Å². The maximum absolute atomic E-state index is 5.47. The largest absolute Gasteiger partial charge is 0.495 e. The van der Waals surface area contributed by atoms with Crippen LogP contribution in [0.15, 0.2) is 22.7 Å². The predicted octanol–water partition coefficient (Wildman–Crippen LogP) is 2.92. The van der Waals surface area contributed by atoms with Crippen molar-refractivity contribution in [2.45, 2.75) is 6.42 Å². The van der Waals surface area contributed by atoms with Crippen molar-refractivity contribution < 1.29 is 14.2 Å². The number of hydrogen-bond donors (Lipinski definition) is 1. The fraction of sp³-hybridized carbons (Fsp3) is 0.538. The van der Waals surface area contributed by atoms with E-state index in [-0.39, 0.29) is 0 Å². The zero-order valence-electron chi connectivity index (χ0n) is 10.9. The van der Waals surface area contributed by atoms with Gasteiger partial charge in [-0.2, -0.15) is 0 Å². The first-order valence-corrected chi connectivity index (χ1v) is 6.71. The summed E-state index contributed by atoms with van der Waals surface area (Å²) >= 11 is 3.44. The van der Waals surface area contributed by atoms with E-state index in [0.717, 1.165) is 42.1 Å². The van der Waals surface area contributed by atoms with Crippen LogP contribution in [0, 0.1) is 0 Å². The molecule has 0 saturated heterocycles. The van der Waals surface area contributed by atoms with Crippen LogP contribution in [0.5, 0.6) is 5.75 Å². The minimum absolute atomic E-state index is 0.666. The smallest absolute Gasteiger partial charge is 0.142 e. The van der Waals surface area contributed by atoms with Crippen LogP contribution in [-0.4, -0.2) is 40.6 Å². The maximum Gasteiger partial charge on any atom is 0.142 e. The number of ether oxygens (including phenoxy) is 3. The van der Waals surface area contributed by atoms with Crippen LogP contribution in [0.4, 0.5) is 5.69 Å². The monoisotopic (exact) mass is 317 g/mol. The van der Waals surface area contributed by atoms with Gasteiger partial charge in [-0.3, -0.25) is 0 Å². The van der Waals surface area contributed by atoms with Gasteiger partial charge in [0, 0.05) is 31.3 Å². The van der Waals surface area contributed by atoms with Gasteiger partial charge in [0.05, 0.1) is 19.4 Å². The second-order valence-corrected chi connectivity index (χ2v) is 4.65. The van der Waals surface area contributed by atoms with Crippen molar-refractivity contribution in [3.63, 3.8) is 0 Å². The quantitative estimate of drug-likeness (QED) is 0.711. The Labute approximate surface area is 117 Å². The molecule has 0 saturated carbocycles. The molecule has 4 nitrogen and oxygen atoms in total. The number of anilines is 1. The van der Waals surface area contributed by atoms with Gasteiger partial charge in [0.15, 0.2) is 0 Å². The molecule has 0 heterocycles. The van der Waals surface area contributed by atoms with Gasteiger partial charge in [0.2, 0.25) is 0 Å². The first-order valence-electron chi connectivity index (χ1n) is 5.92. The Hall–Kier alpha value is -0.780. The Morgan fingerprint density at radius 2 is 2.00 bits per heavy atom. The van der Waals surface area contributed by atoms with Crippen molar-refractivity contribution >= 4 is 21.6 Å². The van der Waals surface area contributed by atoms with Crippen molar-refractivity contribution in [3.8, 4) is 5.75 Å². The van der Waals surface area contributed by atoms with Gasteiger partial charge in [-0.25, -0.2) is 0 Å². The van der Waals surface area contributed by atoms with E-state index in [1.165, 1.54) is 0 Å². The van der Waals surface area contributed by atoms with Crippen molar-refractivity contribution in [3.05, 3.63) is 22.7 Å². The van der Waals surface area contributed by atoms with Crippen LogP contribution in [-0.2, 0) is 9.47 Å². The number of benzene rings is 1. The Morgan fingerprint density at radius 1 is 1.17 bits per heavy atom. The lowest BCUT2D eigenvalue weighted by Gasteiger charge is -2.11. The second kappa shape index (κ2) is 9.19. The van der Waals surface area contributed by atoms with E-state index in [9.17, 15) is 0 Å². The van der Waals surface area contributed by atoms with E-state index in [1.807, 2.05) is 18.2 Å². The molecule has 0 unspecified atom stereocenters. The number of rotatable bonds is 9. The fourth-order valence-corrected chi connectivity index (χ4v) is 1.84. The van der Waals surface area contributed by atoms with E-state index in [4.69, 9.17) is 14.2 Å². The first-order chi connectivity index (χ1) is 8.77. The van der Waals surface area contributed by atoms with E-state index in [2.05, 4.69) is 21.2 Å². The third-order valence-electron chi connectivity index (χ3n) is 2.36. The average Bonchev–Trinajstić information content (AvgIpc) is 2.38. The molecule has 5 heteroatoms. The molecular formula is C13H20BrNO3. The summed E-state index contributed by atoms with van der Waals surface area (Å²) in [5.41, 5.74) is 0.965. The summed E-state index contributed by atoms with van der Waals surface area (Å²) in [5.74, 6) is 0.831. The van der Waals surface area contributed by atoms with E-state index < -0.39 is 0 Å². The summed E-state index contributed by atoms with van der Waals surface area (Å²) in [7, 11) is 3.36. The van der Waals surface area contributed by atoms with Gasteiger partial charge in [-0.05, 0) is 24.6 Å². The minimum atomic E-state index is 0.666. The molecule has 0 amide bonds. The van der Waals surface area contributed by atoms with Crippen LogP contribution < -0.4 is 10.1 Å². The highest BCUT2D eigenvalue weighted by atomic mass is 79.9. The Bertz CT molecular complexity index is 347. The summed E-state index contributed by atoms with van der Waals surface area (Å²) in [6.45, 7) is 2.89. The molecule has 0 aliphatic rings. The van der Waals surface area contributed by atoms with Crippen LogP contribution in [0.2, 0.25) is 0 Å². The normalized spacial score (nSPS) is 10.4. The Balaban J connectivity index is 2.24. The first kappa shape index (κ1) is 15.3. The van der Waals surface area contributed by atoms with Crippen LogP contribution in [0.25, 0.3) is 0 Å². The minimum Gasteiger partial charge on any atom is -0.495 e. The summed E-state index contributed by atoms with van der Waals surface area (Å²) in [6.07, 6.45) is 0.927. The van der Waals surface area contributed by atoms with Gasteiger partial charge in [-0.1, -0.05) is 15.9 Å². The van der Waals surface area contributed by atoms with Crippen molar-refractivity contribution in [2.24, 2.45) is 0 Å². The van der Waals surface area contributed by atoms with E-state index >= 15 is 0 Å². The summed E-state index contributed by atoms with van der Waals surface area (Å²) in [5, 5.41) is 3.28. The molecule has 1 aromatic carbocycles. The lowest BCUT2D eigenvalue weighted by molar-refractivity contribution is 0.109. The van der Waals surface area contributed by atoms with Gasteiger partial charge in [0.25, 0.3) is 0 Å². The topological polar surface area (TPSA) is 39.7 Å². The molecule has 102 valence electrons. The molecule has 0 bridgehead atoms. The standard InChI is InChI=1S/C13H20BrNO3/c1-16-7-3-8-18-9-6-15-12-10-11(14)4-5-13(12)17-2/h4-5,10,15H,3,6-9H2,1-2H3. The summed E-state index contributed by atoms with van der Waals surface area (Å²) in [6, 6.07) is 5.86. The Kier molecular flexibility index (Phi) is 7.80. The van der Waals surface area contributed by atoms with Gasteiger partial charge < -0.3 is 19.5 Å². The van der Waals surface area contributed by atoms with Gasteiger partial charge >= 0.3 is 0 Å². The highest BCUT2D eigenvalue weighted by Gasteiger charge is 2.02. The molecule has 0 aliphatic carbocycles. The average molecular weight is 318 g/mol. The summed E-state index contributed by atoms with van der Waals surface area (Å²) in [4.78, 5) is 0. The molecule has 1 N–H and O–H groups in total. The molecule has 1 rings (SSSR count). The van der Waals surface area contributed by atoms with Crippen molar-refractivity contribution in [1.29, 1.82) is 0 Å². The molecule has 0 spiro atoms. The number of nitrogens with one attached hydrogen (secondary N) is 1. The highest BCUT2D eigenvalue weighted by molar-refractivity contribution is 9.10. The van der Waals surface area contributed by atoms with Crippen LogP contribution in [0.3, 0.4) is 0 Å². The third kappa shape index (κ3) is 5.71. The molecule has 0 aliphatic heterocycles. The number of halogens is 1. The number of hydrogen-bond acceptors (Lipinski definition) is 4. The molecule has 1 aromatic rings. The SMILES string of the molecule is COCCCOCCNc1cc(Br)ccc1OC. The van der Waals surface area contributed by atoms with Gasteiger partial charge in [-0.15, -0.1) is 0 Å².